The zero-order valence-corrected chi connectivity index (χ0v) is 13.8. The topological polar surface area (TPSA) is 29.3 Å². The van der Waals surface area contributed by atoms with Gasteiger partial charge in [-0.15, -0.1) is 0 Å². The average Bonchev–Trinajstić information content (AvgIpc) is 2.79. The van der Waals surface area contributed by atoms with Gasteiger partial charge in [0.05, 0.1) is 10.0 Å². The van der Waals surface area contributed by atoms with Crippen molar-refractivity contribution < 1.29 is 0 Å². The van der Waals surface area contributed by atoms with E-state index >= 15 is 0 Å². The predicted octanol–water partition coefficient (Wildman–Crippen LogP) is 4.65. The Labute approximate surface area is 132 Å². The van der Waals surface area contributed by atoms with Crippen LogP contribution < -0.4 is 5.73 Å². The molecule has 1 aromatic carbocycles. The Balaban J connectivity index is 1.98. The van der Waals surface area contributed by atoms with E-state index in [1.165, 1.54) is 19.3 Å². The van der Waals surface area contributed by atoms with Crippen LogP contribution in [-0.2, 0) is 0 Å². The third kappa shape index (κ3) is 3.48. The van der Waals surface area contributed by atoms with E-state index in [2.05, 4.69) is 18.7 Å². The van der Waals surface area contributed by atoms with Gasteiger partial charge in [-0.25, -0.2) is 0 Å². The van der Waals surface area contributed by atoms with E-state index < -0.39 is 0 Å². The van der Waals surface area contributed by atoms with Crippen LogP contribution in [0.2, 0.25) is 10.0 Å². The molecule has 1 aliphatic heterocycles. The van der Waals surface area contributed by atoms with Gasteiger partial charge in [-0.05, 0) is 44.2 Å². The lowest BCUT2D eigenvalue weighted by atomic mass is 10.0. The van der Waals surface area contributed by atoms with Gasteiger partial charge < -0.3 is 5.73 Å². The Kier molecular flexibility index (Phi) is 5.74. The first-order valence-electron chi connectivity index (χ1n) is 7.49. The first kappa shape index (κ1) is 16.1. The molecular formula is C16H24Cl2N2. The fraction of sp³-hybridized carbons (Fsp3) is 0.625. The van der Waals surface area contributed by atoms with Gasteiger partial charge in [-0.2, -0.15) is 0 Å². The number of halogens is 2. The van der Waals surface area contributed by atoms with Crippen molar-refractivity contribution in [2.24, 2.45) is 5.73 Å². The van der Waals surface area contributed by atoms with Crippen LogP contribution in [0.5, 0.6) is 0 Å². The summed E-state index contributed by atoms with van der Waals surface area (Å²) >= 11 is 12.3. The third-order valence-corrected chi connectivity index (χ3v) is 5.34. The summed E-state index contributed by atoms with van der Waals surface area (Å²) in [6, 6.07) is 7.02. The second-order valence-corrected chi connectivity index (χ2v) is 6.55. The van der Waals surface area contributed by atoms with Crippen LogP contribution in [0.15, 0.2) is 18.2 Å². The molecule has 0 aromatic heterocycles. The maximum absolute atomic E-state index is 6.31. The van der Waals surface area contributed by atoms with Gasteiger partial charge in [0.1, 0.15) is 0 Å². The minimum atomic E-state index is -0.0495. The average molecular weight is 315 g/mol. The lowest BCUT2D eigenvalue weighted by molar-refractivity contribution is 0.191. The Morgan fingerprint density at radius 2 is 2.10 bits per heavy atom. The first-order valence-corrected chi connectivity index (χ1v) is 8.25. The zero-order chi connectivity index (χ0) is 14.7. The molecule has 1 aromatic rings. The summed E-state index contributed by atoms with van der Waals surface area (Å²) in [5, 5.41) is 1.18. The molecule has 0 spiro atoms. The van der Waals surface area contributed by atoms with Crippen molar-refractivity contribution in [2.45, 2.75) is 57.7 Å². The van der Waals surface area contributed by atoms with Crippen molar-refractivity contribution in [3.05, 3.63) is 33.8 Å². The molecule has 1 fully saturated rings. The van der Waals surface area contributed by atoms with Crippen LogP contribution in [-0.4, -0.2) is 23.5 Å². The van der Waals surface area contributed by atoms with Crippen LogP contribution in [0.1, 0.15) is 51.1 Å². The van der Waals surface area contributed by atoms with Crippen molar-refractivity contribution in [1.82, 2.24) is 4.90 Å². The summed E-state index contributed by atoms with van der Waals surface area (Å²) in [5.74, 6) is 0. The number of nitrogens with zero attached hydrogens (tertiary/aromatic N) is 1. The standard InChI is InChI=1S/C16H24Cl2N2/c1-3-12-8-7-11(2)20(12)10-9-15(19)13-5-4-6-14(17)16(13)18/h4-6,11-12,15H,3,7-10,19H2,1-2H3. The Morgan fingerprint density at radius 3 is 2.80 bits per heavy atom. The highest BCUT2D eigenvalue weighted by atomic mass is 35.5. The SMILES string of the molecule is CCC1CCC(C)N1CCC(N)c1cccc(Cl)c1Cl. The lowest BCUT2D eigenvalue weighted by Crippen LogP contribution is -2.36. The molecule has 0 saturated carbocycles. The number of rotatable bonds is 5. The van der Waals surface area contributed by atoms with Gasteiger partial charge >= 0.3 is 0 Å². The highest BCUT2D eigenvalue weighted by molar-refractivity contribution is 6.42. The molecule has 2 nitrogen and oxygen atoms in total. The highest BCUT2D eigenvalue weighted by Gasteiger charge is 2.29. The third-order valence-electron chi connectivity index (χ3n) is 4.50. The molecule has 0 aliphatic carbocycles. The second kappa shape index (κ2) is 7.13. The quantitative estimate of drug-likeness (QED) is 0.857. The Bertz CT molecular complexity index is 450. The van der Waals surface area contributed by atoms with Crippen molar-refractivity contribution in [2.75, 3.05) is 6.54 Å². The fourth-order valence-corrected chi connectivity index (χ4v) is 3.67. The molecule has 3 unspecified atom stereocenters. The molecular weight excluding hydrogens is 291 g/mol. The summed E-state index contributed by atoms with van der Waals surface area (Å²) in [4.78, 5) is 2.60. The molecule has 1 saturated heterocycles. The largest absolute Gasteiger partial charge is 0.324 e. The van der Waals surface area contributed by atoms with Crippen molar-refractivity contribution in [1.29, 1.82) is 0 Å². The van der Waals surface area contributed by atoms with Crippen LogP contribution in [0.25, 0.3) is 0 Å². The molecule has 4 heteroatoms. The zero-order valence-electron chi connectivity index (χ0n) is 12.3. The summed E-state index contributed by atoms with van der Waals surface area (Å²) < 4.78 is 0. The Morgan fingerprint density at radius 1 is 1.35 bits per heavy atom. The van der Waals surface area contributed by atoms with Crippen LogP contribution in [0.3, 0.4) is 0 Å². The molecule has 2 rings (SSSR count). The second-order valence-electron chi connectivity index (χ2n) is 5.76. The minimum absolute atomic E-state index is 0.0495. The number of likely N-dealkylation sites (tertiary alicyclic amines) is 1. The molecule has 3 atom stereocenters. The number of hydrogen-bond acceptors (Lipinski definition) is 2. The molecule has 1 heterocycles. The van der Waals surface area contributed by atoms with Gasteiger partial charge in [0.15, 0.2) is 0 Å². The van der Waals surface area contributed by atoms with Crippen LogP contribution in [0, 0.1) is 0 Å². The maximum atomic E-state index is 6.31. The highest BCUT2D eigenvalue weighted by Crippen LogP contribution is 2.32. The summed E-state index contributed by atoms with van der Waals surface area (Å²) in [7, 11) is 0. The fourth-order valence-electron chi connectivity index (χ4n) is 3.22. The number of hydrogen-bond donors (Lipinski definition) is 1. The molecule has 1 aliphatic rings. The van der Waals surface area contributed by atoms with Gasteiger partial charge in [0, 0.05) is 24.7 Å². The normalized spacial score (nSPS) is 25.1. The predicted molar refractivity (Wildman–Crippen MR) is 87.5 cm³/mol. The van der Waals surface area contributed by atoms with Gasteiger partial charge in [-0.1, -0.05) is 42.3 Å². The Hall–Kier alpha value is -0.280. The van der Waals surface area contributed by atoms with E-state index in [1.54, 1.807) is 6.07 Å². The van der Waals surface area contributed by atoms with Gasteiger partial charge in [-0.3, -0.25) is 4.90 Å². The number of benzene rings is 1. The molecule has 0 radical (unpaired) electrons. The van der Waals surface area contributed by atoms with Crippen molar-refractivity contribution in [3.63, 3.8) is 0 Å². The molecule has 2 N–H and O–H groups in total. The van der Waals surface area contributed by atoms with Crippen LogP contribution in [0.4, 0.5) is 0 Å². The smallest absolute Gasteiger partial charge is 0.0640 e. The van der Waals surface area contributed by atoms with Gasteiger partial charge in [0.2, 0.25) is 0 Å². The van der Waals surface area contributed by atoms with Crippen molar-refractivity contribution >= 4 is 23.2 Å². The molecule has 0 bridgehead atoms. The van der Waals surface area contributed by atoms with E-state index in [1.807, 2.05) is 12.1 Å². The monoisotopic (exact) mass is 314 g/mol. The summed E-state index contributed by atoms with van der Waals surface area (Å²) in [6.07, 6.45) is 4.74. The van der Waals surface area contributed by atoms with E-state index in [0.29, 0.717) is 22.1 Å². The van der Waals surface area contributed by atoms with E-state index in [9.17, 15) is 0 Å². The van der Waals surface area contributed by atoms with E-state index in [0.717, 1.165) is 18.5 Å². The molecule has 0 amide bonds. The van der Waals surface area contributed by atoms with E-state index in [4.69, 9.17) is 28.9 Å². The summed E-state index contributed by atoms with van der Waals surface area (Å²) in [6.45, 7) is 5.61. The van der Waals surface area contributed by atoms with Gasteiger partial charge in [0.25, 0.3) is 0 Å². The summed E-state index contributed by atoms with van der Waals surface area (Å²) in [5.41, 5.74) is 7.26. The molecule has 20 heavy (non-hydrogen) atoms. The number of nitrogens with two attached hydrogens (primary N) is 1. The lowest BCUT2D eigenvalue weighted by Gasteiger charge is -2.29. The maximum Gasteiger partial charge on any atom is 0.0640 e. The minimum Gasteiger partial charge on any atom is -0.324 e. The van der Waals surface area contributed by atoms with E-state index in [-0.39, 0.29) is 6.04 Å². The van der Waals surface area contributed by atoms with Crippen molar-refractivity contribution in [3.8, 4) is 0 Å². The van der Waals surface area contributed by atoms with Crippen LogP contribution >= 0.6 is 23.2 Å². The first-order chi connectivity index (χ1) is 9.54. The molecule has 112 valence electrons.